The van der Waals surface area contributed by atoms with E-state index < -0.39 is 5.60 Å². The third kappa shape index (κ3) is 2.80. The molecule has 0 heterocycles. The van der Waals surface area contributed by atoms with Gasteiger partial charge in [-0.25, -0.2) is 0 Å². The van der Waals surface area contributed by atoms with Crippen LogP contribution in [0.5, 0.6) is 0 Å². The SMILES string of the molecule is C#CC(O)(CCc1ccccc1)c1ccccc1. The van der Waals surface area contributed by atoms with Gasteiger partial charge in [0, 0.05) is 0 Å². The molecule has 0 spiro atoms. The fourth-order valence-electron chi connectivity index (χ4n) is 1.98. The van der Waals surface area contributed by atoms with Gasteiger partial charge in [0.1, 0.15) is 0 Å². The smallest absolute Gasteiger partial charge is 0.151 e. The van der Waals surface area contributed by atoms with Crippen molar-refractivity contribution in [2.45, 2.75) is 18.4 Å². The molecule has 0 amide bonds. The Kier molecular flexibility index (Phi) is 3.82. The predicted molar refractivity (Wildman–Crippen MR) is 73.9 cm³/mol. The summed E-state index contributed by atoms with van der Waals surface area (Å²) in [5, 5.41) is 10.5. The second kappa shape index (κ2) is 5.53. The standard InChI is InChI=1S/C17H16O/c1-2-17(18,16-11-7-4-8-12-16)14-13-15-9-5-3-6-10-15/h1,3-12,18H,13-14H2. The van der Waals surface area contributed by atoms with E-state index in [-0.39, 0.29) is 0 Å². The van der Waals surface area contributed by atoms with E-state index in [9.17, 15) is 5.11 Å². The number of benzene rings is 2. The lowest BCUT2D eigenvalue weighted by molar-refractivity contribution is 0.0907. The molecule has 0 aliphatic heterocycles. The van der Waals surface area contributed by atoms with Gasteiger partial charge in [-0.1, -0.05) is 66.6 Å². The average Bonchev–Trinajstić information content (AvgIpc) is 2.47. The van der Waals surface area contributed by atoms with E-state index in [1.165, 1.54) is 5.56 Å². The van der Waals surface area contributed by atoms with Crippen molar-refractivity contribution in [3.8, 4) is 12.3 Å². The fraction of sp³-hybridized carbons (Fsp3) is 0.176. The lowest BCUT2D eigenvalue weighted by Gasteiger charge is -2.22. The maximum Gasteiger partial charge on any atom is 0.151 e. The largest absolute Gasteiger partial charge is 0.373 e. The normalized spacial score (nSPS) is 13.6. The predicted octanol–water partition coefficient (Wildman–Crippen LogP) is 3.14. The first-order valence-electron chi connectivity index (χ1n) is 6.04. The van der Waals surface area contributed by atoms with E-state index in [0.29, 0.717) is 6.42 Å². The van der Waals surface area contributed by atoms with E-state index in [0.717, 1.165) is 12.0 Å². The first-order valence-corrected chi connectivity index (χ1v) is 6.04. The van der Waals surface area contributed by atoms with Crippen molar-refractivity contribution < 1.29 is 5.11 Å². The zero-order valence-electron chi connectivity index (χ0n) is 10.2. The van der Waals surface area contributed by atoms with Crippen LogP contribution in [0.25, 0.3) is 0 Å². The third-order valence-corrected chi connectivity index (χ3v) is 3.11. The Balaban J connectivity index is 2.13. The lowest BCUT2D eigenvalue weighted by Crippen LogP contribution is -2.24. The first kappa shape index (κ1) is 12.4. The van der Waals surface area contributed by atoms with E-state index in [4.69, 9.17) is 6.42 Å². The summed E-state index contributed by atoms with van der Waals surface area (Å²) in [6.07, 6.45) is 6.79. The van der Waals surface area contributed by atoms with Crippen LogP contribution < -0.4 is 0 Å². The van der Waals surface area contributed by atoms with Crippen LogP contribution >= 0.6 is 0 Å². The zero-order chi connectivity index (χ0) is 12.8. The molecule has 90 valence electrons. The summed E-state index contributed by atoms with van der Waals surface area (Å²) >= 11 is 0. The van der Waals surface area contributed by atoms with Gasteiger partial charge in [0.2, 0.25) is 0 Å². The highest BCUT2D eigenvalue weighted by Crippen LogP contribution is 2.25. The number of aryl methyl sites for hydroxylation is 1. The molecule has 1 N–H and O–H groups in total. The van der Waals surface area contributed by atoms with Crippen molar-refractivity contribution >= 4 is 0 Å². The summed E-state index contributed by atoms with van der Waals surface area (Å²) in [6.45, 7) is 0. The Morgan fingerprint density at radius 2 is 1.50 bits per heavy atom. The van der Waals surface area contributed by atoms with Gasteiger partial charge in [0.25, 0.3) is 0 Å². The third-order valence-electron chi connectivity index (χ3n) is 3.11. The number of rotatable bonds is 4. The van der Waals surface area contributed by atoms with Crippen LogP contribution in [-0.2, 0) is 12.0 Å². The Labute approximate surface area is 108 Å². The molecule has 2 aromatic rings. The summed E-state index contributed by atoms with van der Waals surface area (Å²) in [4.78, 5) is 0. The van der Waals surface area contributed by atoms with Crippen LogP contribution in [0.1, 0.15) is 17.5 Å². The molecule has 0 radical (unpaired) electrons. The fourth-order valence-corrected chi connectivity index (χ4v) is 1.98. The molecular weight excluding hydrogens is 220 g/mol. The highest BCUT2D eigenvalue weighted by atomic mass is 16.3. The highest BCUT2D eigenvalue weighted by Gasteiger charge is 2.25. The van der Waals surface area contributed by atoms with Crippen LogP contribution in [0.3, 0.4) is 0 Å². The molecule has 0 aromatic heterocycles. The first-order chi connectivity index (χ1) is 8.74. The minimum atomic E-state index is -1.18. The summed E-state index contributed by atoms with van der Waals surface area (Å²) in [6, 6.07) is 19.5. The molecule has 0 fully saturated rings. The Bertz CT molecular complexity index is 525. The summed E-state index contributed by atoms with van der Waals surface area (Å²) in [5.74, 6) is 2.52. The van der Waals surface area contributed by atoms with Gasteiger partial charge >= 0.3 is 0 Å². The van der Waals surface area contributed by atoms with Crippen molar-refractivity contribution in [1.29, 1.82) is 0 Å². The van der Waals surface area contributed by atoms with Gasteiger partial charge in [-0.2, -0.15) is 0 Å². The maximum absolute atomic E-state index is 10.5. The number of terminal acetylenes is 1. The van der Waals surface area contributed by atoms with Crippen LogP contribution in [0.4, 0.5) is 0 Å². The average molecular weight is 236 g/mol. The summed E-state index contributed by atoms with van der Waals surface area (Å²) < 4.78 is 0. The lowest BCUT2D eigenvalue weighted by atomic mass is 9.88. The van der Waals surface area contributed by atoms with E-state index >= 15 is 0 Å². The maximum atomic E-state index is 10.5. The quantitative estimate of drug-likeness (QED) is 0.809. The topological polar surface area (TPSA) is 20.2 Å². The Morgan fingerprint density at radius 3 is 2.06 bits per heavy atom. The Morgan fingerprint density at radius 1 is 0.944 bits per heavy atom. The monoisotopic (exact) mass is 236 g/mol. The molecule has 1 atom stereocenters. The molecule has 0 aliphatic rings. The van der Waals surface area contributed by atoms with Gasteiger partial charge in [0.15, 0.2) is 5.60 Å². The van der Waals surface area contributed by atoms with Crippen molar-refractivity contribution in [3.63, 3.8) is 0 Å². The van der Waals surface area contributed by atoms with Gasteiger partial charge < -0.3 is 5.11 Å². The van der Waals surface area contributed by atoms with Crippen molar-refractivity contribution in [1.82, 2.24) is 0 Å². The van der Waals surface area contributed by atoms with Crippen molar-refractivity contribution in [3.05, 3.63) is 71.8 Å². The molecule has 2 rings (SSSR count). The summed E-state index contributed by atoms with van der Waals surface area (Å²) in [5.41, 5.74) is 0.780. The van der Waals surface area contributed by atoms with E-state index in [2.05, 4.69) is 5.92 Å². The molecule has 0 bridgehead atoms. The number of hydrogen-bond acceptors (Lipinski definition) is 1. The van der Waals surface area contributed by atoms with E-state index in [1.54, 1.807) is 0 Å². The highest BCUT2D eigenvalue weighted by molar-refractivity contribution is 5.30. The van der Waals surface area contributed by atoms with E-state index in [1.807, 2.05) is 60.7 Å². The molecule has 1 nitrogen and oxygen atoms in total. The zero-order valence-corrected chi connectivity index (χ0v) is 10.2. The minimum absolute atomic E-state index is 0.525. The molecular formula is C17H16O. The minimum Gasteiger partial charge on any atom is -0.373 e. The second-order valence-electron chi connectivity index (χ2n) is 4.36. The van der Waals surface area contributed by atoms with Gasteiger partial charge in [0.05, 0.1) is 0 Å². The molecule has 0 saturated carbocycles. The number of hydrogen-bond donors (Lipinski definition) is 1. The van der Waals surface area contributed by atoms with Gasteiger partial charge in [-0.15, -0.1) is 6.42 Å². The molecule has 1 unspecified atom stereocenters. The van der Waals surface area contributed by atoms with Crippen LogP contribution in [0.15, 0.2) is 60.7 Å². The van der Waals surface area contributed by atoms with Crippen LogP contribution in [0.2, 0.25) is 0 Å². The van der Waals surface area contributed by atoms with Gasteiger partial charge in [-0.3, -0.25) is 0 Å². The van der Waals surface area contributed by atoms with Gasteiger partial charge in [-0.05, 0) is 24.0 Å². The number of aliphatic hydroxyl groups is 1. The summed E-state index contributed by atoms with van der Waals surface area (Å²) in [7, 11) is 0. The molecule has 1 heteroatoms. The van der Waals surface area contributed by atoms with Crippen LogP contribution in [0, 0.1) is 12.3 Å². The second-order valence-corrected chi connectivity index (χ2v) is 4.36. The molecule has 18 heavy (non-hydrogen) atoms. The Hall–Kier alpha value is -2.04. The van der Waals surface area contributed by atoms with Crippen molar-refractivity contribution in [2.24, 2.45) is 0 Å². The molecule has 0 aliphatic carbocycles. The molecule has 0 saturated heterocycles. The van der Waals surface area contributed by atoms with Crippen LogP contribution in [-0.4, -0.2) is 5.11 Å². The molecule has 2 aromatic carbocycles. The van der Waals surface area contributed by atoms with Crippen molar-refractivity contribution in [2.75, 3.05) is 0 Å².